The van der Waals surface area contributed by atoms with Gasteiger partial charge in [-0.25, -0.2) is 4.68 Å². The molecule has 1 aliphatic heterocycles. The molecule has 1 aromatic heterocycles. The van der Waals surface area contributed by atoms with Crippen LogP contribution in [-0.2, 0) is 16.1 Å². The van der Waals surface area contributed by atoms with Crippen molar-refractivity contribution in [2.45, 2.75) is 25.8 Å². The van der Waals surface area contributed by atoms with E-state index in [1.54, 1.807) is 21.8 Å². The van der Waals surface area contributed by atoms with Crippen molar-refractivity contribution in [3.63, 3.8) is 0 Å². The summed E-state index contributed by atoms with van der Waals surface area (Å²) in [6, 6.07) is 1.78. The molecule has 1 amide bonds. The van der Waals surface area contributed by atoms with E-state index in [9.17, 15) is 9.59 Å². The third-order valence-electron chi connectivity index (χ3n) is 2.58. The van der Waals surface area contributed by atoms with E-state index in [1.165, 1.54) is 0 Å². The molecule has 0 fully saturated rings. The molecule has 2 rings (SSSR count). The van der Waals surface area contributed by atoms with Crippen LogP contribution < -0.4 is 4.90 Å². The third kappa shape index (κ3) is 2.05. The number of carbonyl (C=O) groups is 2. The Balaban J connectivity index is 2.06. The van der Waals surface area contributed by atoms with Crippen LogP contribution in [0.5, 0.6) is 0 Å². The summed E-state index contributed by atoms with van der Waals surface area (Å²) in [5.41, 5.74) is 0. The normalized spacial score (nSPS) is 14.6. The van der Waals surface area contributed by atoms with Crippen molar-refractivity contribution in [2.24, 2.45) is 0 Å². The summed E-state index contributed by atoms with van der Waals surface area (Å²) < 4.78 is 1.77. The average molecular weight is 223 g/mol. The Hall–Kier alpha value is -1.85. The summed E-state index contributed by atoms with van der Waals surface area (Å²) in [6.45, 7) is 1.45. The Labute approximate surface area is 92.5 Å². The SMILES string of the molecule is O=C(O)CCC(=O)N1CCCn2nccc21. The Morgan fingerprint density at radius 3 is 2.94 bits per heavy atom. The molecule has 1 N–H and O–H groups in total. The summed E-state index contributed by atoms with van der Waals surface area (Å²) in [5.74, 6) is -0.329. The van der Waals surface area contributed by atoms with Gasteiger partial charge in [-0.2, -0.15) is 5.10 Å². The fourth-order valence-electron chi connectivity index (χ4n) is 1.82. The molecule has 0 spiro atoms. The van der Waals surface area contributed by atoms with Crippen LogP contribution in [-0.4, -0.2) is 33.3 Å². The molecule has 0 bridgehead atoms. The number of aliphatic carboxylic acids is 1. The minimum absolute atomic E-state index is 0.0422. The molecule has 1 aliphatic rings. The number of nitrogens with zero attached hydrogens (tertiary/aromatic N) is 3. The number of fused-ring (bicyclic) bond motifs is 1. The molecule has 6 heteroatoms. The van der Waals surface area contributed by atoms with E-state index < -0.39 is 5.97 Å². The van der Waals surface area contributed by atoms with Gasteiger partial charge in [0.05, 0.1) is 12.6 Å². The van der Waals surface area contributed by atoms with Crippen molar-refractivity contribution in [2.75, 3.05) is 11.4 Å². The molecular weight excluding hydrogens is 210 g/mol. The van der Waals surface area contributed by atoms with Gasteiger partial charge in [0, 0.05) is 25.6 Å². The highest BCUT2D eigenvalue weighted by molar-refractivity contribution is 5.94. The first-order chi connectivity index (χ1) is 7.68. The average Bonchev–Trinajstić information content (AvgIpc) is 2.73. The topological polar surface area (TPSA) is 75.4 Å². The molecule has 16 heavy (non-hydrogen) atoms. The van der Waals surface area contributed by atoms with E-state index in [1.807, 2.05) is 0 Å². The number of carbonyl (C=O) groups excluding carboxylic acids is 1. The summed E-state index contributed by atoms with van der Waals surface area (Å²) in [5, 5.41) is 12.6. The van der Waals surface area contributed by atoms with Gasteiger partial charge in [0.25, 0.3) is 0 Å². The number of carboxylic acids is 1. The highest BCUT2D eigenvalue weighted by atomic mass is 16.4. The standard InChI is InChI=1S/C10H13N3O3/c14-9(2-3-10(15)16)12-6-1-7-13-8(12)4-5-11-13/h4-5H,1-3,6-7H2,(H,15,16). The second-order valence-corrected chi connectivity index (χ2v) is 3.71. The molecule has 0 aliphatic carbocycles. The van der Waals surface area contributed by atoms with Crippen LogP contribution in [0.4, 0.5) is 5.82 Å². The molecule has 0 aromatic carbocycles. The lowest BCUT2D eigenvalue weighted by atomic mass is 10.2. The molecule has 0 saturated heterocycles. The van der Waals surface area contributed by atoms with Gasteiger partial charge in [-0.15, -0.1) is 0 Å². The lowest BCUT2D eigenvalue weighted by Gasteiger charge is -2.27. The van der Waals surface area contributed by atoms with Crippen LogP contribution in [0.2, 0.25) is 0 Å². The summed E-state index contributed by atoms with van der Waals surface area (Å²) >= 11 is 0. The van der Waals surface area contributed by atoms with Crippen LogP contribution in [0, 0.1) is 0 Å². The van der Waals surface area contributed by atoms with Gasteiger partial charge < -0.3 is 5.11 Å². The van der Waals surface area contributed by atoms with Gasteiger partial charge >= 0.3 is 5.97 Å². The fraction of sp³-hybridized carbons (Fsp3) is 0.500. The number of carboxylic acid groups (broad SMARTS) is 1. The zero-order chi connectivity index (χ0) is 11.5. The lowest BCUT2D eigenvalue weighted by molar-refractivity contribution is -0.138. The van der Waals surface area contributed by atoms with Crippen molar-refractivity contribution in [1.82, 2.24) is 9.78 Å². The smallest absolute Gasteiger partial charge is 0.303 e. The minimum atomic E-state index is -0.945. The van der Waals surface area contributed by atoms with Crippen LogP contribution in [0.3, 0.4) is 0 Å². The van der Waals surface area contributed by atoms with Gasteiger partial charge in [-0.1, -0.05) is 0 Å². The number of hydrogen-bond donors (Lipinski definition) is 1. The molecule has 2 heterocycles. The Bertz CT molecular complexity index is 413. The number of aromatic nitrogens is 2. The maximum absolute atomic E-state index is 11.8. The molecule has 0 saturated carbocycles. The summed E-state index contributed by atoms with van der Waals surface area (Å²) in [4.78, 5) is 23.8. The zero-order valence-electron chi connectivity index (χ0n) is 8.80. The van der Waals surface area contributed by atoms with E-state index in [0.29, 0.717) is 6.54 Å². The number of hydrogen-bond acceptors (Lipinski definition) is 3. The molecule has 1 aromatic rings. The van der Waals surface area contributed by atoms with Crippen molar-refractivity contribution < 1.29 is 14.7 Å². The Morgan fingerprint density at radius 1 is 1.38 bits per heavy atom. The van der Waals surface area contributed by atoms with Crippen molar-refractivity contribution >= 4 is 17.7 Å². The number of aryl methyl sites for hydroxylation is 1. The molecule has 0 unspecified atom stereocenters. The molecule has 86 valence electrons. The van der Waals surface area contributed by atoms with Crippen molar-refractivity contribution in [3.05, 3.63) is 12.3 Å². The summed E-state index contributed by atoms with van der Waals surface area (Å²) in [7, 11) is 0. The van der Waals surface area contributed by atoms with E-state index in [2.05, 4.69) is 5.10 Å². The first kappa shape index (κ1) is 10.7. The van der Waals surface area contributed by atoms with Gasteiger partial charge in [0.1, 0.15) is 5.82 Å². The Kier molecular flexibility index (Phi) is 2.89. The predicted molar refractivity (Wildman–Crippen MR) is 56.1 cm³/mol. The van der Waals surface area contributed by atoms with Crippen LogP contribution in [0.15, 0.2) is 12.3 Å². The zero-order valence-corrected chi connectivity index (χ0v) is 8.80. The first-order valence-corrected chi connectivity index (χ1v) is 5.22. The van der Waals surface area contributed by atoms with Crippen molar-refractivity contribution in [3.8, 4) is 0 Å². The predicted octanol–water partition coefficient (Wildman–Crippen LogP) is 0.485. The van der Waals surface area contributed by atoms with Crippen molar-refractivity contribution in [1.29, 1.82) is 0 Å². The molecule has 0 atom stereocenters. The third-order valence-corrected chi connectivity index (χ3v) is 2.58. The van der Waals surface area contributed by atoms with E-state index in [0.717, 1.165) is 18.8 Å². The largest absolute Gasteiger partial charge is 0.481 e. The van der Waals surface area contributed by atoms with E-state index in [4.69, 9.17) is 5.11 Å². The minimum Gasteiger partial charge on any atom is -0.481 e. The monoisotopic (exact) mass is 223 g/mol. The van der Waals surface area contributed by atoms with Gasteiger partial charge in [0.15, 0.2) is 0 Å². The second-order valence-electron chi connectivity index (χ2n) is 3.71. The number of rotatable bonds is 3. The molecule has 0 radical (unpaired) electrons. The van der Waals surface area contributed by atoms with Gasteiger partial charge in [0.2, 0.25) is 5.91 Å². The van der Waals surface area contributed by atoms with E-state index >= 15 is 0 Å². The second kappa shape index (κ2) is 4.34. The van der Waals surface area contributed by atoms with Crippen LogP contribution in [0.25, 0.3) is 0 Å². The maximum Gasteiger partial charge on any atom is 0.303 e. The van der Waals surface area contributed by atoms with Gasteiger partial charge in [-0.05, 0) is 6.42 Å². The summed E-state index contributed by atoms with van der Waals surface area (Å²) in [6.07, 6.45) is 2.43. The maximum atomic E-state index is 11.8. The number of amides is 1. The number of anilines is 1. The highest BCUT2D eigenvalue weighted by Crippen LogP contribution is 2.20. The lowest BCUT2D eigenvalue weighted by Crippen LogP contribution is -2.37. The van der Waals surface area contributed by atoms with Crippen LogP contribution in [0.1, 0.15) is 19.3 Å². The highest BCUT2D eigenvalue weighted by Gasteiger charge is 2.22. The quantitative estimate of drug-likeness (QED) is 0.808. The molecule has 6 nitrogen and oxygen atoms in total. The van der Waals surface area contributed by atoms with E-state index in [-0.39, 0.29) is 18.7 Å². The van der Waals surface area contributed by atoms with Crippen LogP contribution >= 0.6 is 0 Å². The first-order valence-electron chi connectivity index (χ1n) is 5.22. The van der Waals surface area contributed by atoms with Gasteiger partial charge in [-0.3, -0.25) is 14.5 Å². The fourth-order valence-corrected chi connectivity index (χ4v) is 1.82. The Morgan fingerprint density at radius 2 is 2.19 bits per heavy atom. The molecular formula is C10H13N3O3.